The molecule has 0 bridgehead atoms. The standard InChI is InChI=1S/C11H15N5O/c12-15-9-7-16-5-4-13-10(16)11(14-9)17-6-3-8-1-2-8/h4-5,7-8,15H,1-3,6,12H2. The number of nitrogens with one attached hydrogen (secondary N) is 1. The zero-order valence-electron chi connectivity index (χ0n) is 9.47. The lowest BCUT2D eigenvalue weighted by atomic mass is 10.3. The monoisotopic (exact) mass is 233 g/mol. The number of rotatable bonds is 5. The van der Waals surface area contributed by atoms with E-state index in [4.69, 9.17) is 10.6 Å². The van der Waals surface area contributed by atoms with Crippen LogP contribution in [0.2, 0.25) is 0 Å². The highest BCUT2D eigenvalue weighted by Gasteiger charge is 2.21. The molecule has 2 aromatic rings. The summed E-state index contributed by atoms with van der Waals surface area (Å²) in [7, 11) is 0. The first-order valence-electron chi connectivity index (χ1n) is 5.80. The first kappa shape index (κ1) is 10.3. The summed E-state index contributed by atoms with van der Waals surface area (Å²) in [6, 6.07) is 0. The van der Waals surface area contributed by atoms with Gasteiger partial charge in [0, 0.05) is 12.4 Å². The summed E-state index contributed by atoms with van der Waals surface area (Å²) in [5.74, 6) is 7.31. The third-order valence-corrected chi connectivity index (χ3v) is 2.95. The summed E-state index contributed by atoms with van der Waals surface area (Å²) < 4.78 is 7.52. The average Bonchev–Trinajstić information content (AvgIpc) is 3.04. The molecule has 0 saturated heterocycles. The lowest BCUT2D eigenvalue weighted by Crippen LogP contribution is -2.11. The number of nitrogens with two attached hydrogens (primary N) is 1. The minimum absolute atomic E-state index is 0.533. The molecule has 17 heavy (non-hydrogen) atoms. The first-order chi connectivity index (χ1) is 8.36. The van der Waals surface area contributed by atoms with Crippen molar-refractivity contribution in [1.29, 1.82) is 0 Å². The second kappa shape index (κ2) is 4.21. The molecule has 3 rings (SSSR count). The van der Waals surface area contributed by atoms with E-state index < -0.39 is 0 Å². The van der Waals surface area contributed by atoms with E-state index in [1.165, 1.54) is 12.8 Å². The lowest BCUT2D eigenvalue weighted by molar-refractivity contribution is 0.293. The fourth-order valence-electron chi connectivity index (χ4n) is 1.80. The topological polar surface area (TPSA) is 77.5 Å². The van der Waals surface area contributed by atoms with Crippen molar-refractivity contribution in [1.82, 2.24) is 14.4 Å². The van der Waals surface area contributed by atoms with Crippen LogP contribution in [-0.4, -0.2) is 21.0 Å². The average molecular weight is 233 g/mol. The maximum atomic E-state index is 5.68. The number of hydrogen-bond acceptors (Lipinski definition) is 5. The minimum Gasteiger partial charge on any atom is -0.475 e. The highest BCUT2D eigenvalue weighted by atomic mass is 16.5. The fraction of sp³-hybridized carbons (Fsp3) is 0.455. The Labute approximate surface area is 98.8 Å². The molecule has 6 heteroatoms. The summed E-state index contributed by atoms with van der Waals surface area (Å²) >= 11 is 0. The van der Waals surface area contributed by atoms with E-state index in [2.05, 4.69) is 15.4 Å². The van der Waals surface area contributed by atoms with Crippen molar-refractivity contribution in [2.45, 2.75) is 19.3 Å². The zero-order valence-corrected chi connectivity index (χ0v) is 9.47. The van der Waals surface area contributed by atoms with Crippen LogP contribution in [0.1, 0.15) is 19.3 Å². The van der Waals surface area contributed by atoms with Gasteiger partial charge in [0.05, 0.1) is 12.8 Å². The third-order valence-electron chi connectivity index (χ3n) is 2.95. The second-order valence-corrected chi connectivity index (χ2v) is 4.31. The number of ether oxygens (including phenoxy) is 1. The molecule has 1 aliphatic carbocycles. The second-order valence-electron chi connectivity index (χ2n) is 4.31. The molecule has 2 heterocycles. The van der Waals surface area contributed by atoms with E-state index >= 15 is 0 Å². The van der Waals surface area contributed by atoms with Crippen molar-refractivity contribution in [2.24, 2.45) is 11.8 Å². The molecule has 1 fully saturated rings. The van der Waals surface area contributed by atoms with Gasteiger partial charge in [0.15, 0.2) is 5.82 Å². The van der Waals surface area contributed by atoms with Gasteiger partial charge in [-0.05, 0) is 12.3 Å². The van der Waals surface area contributed by atoms with E-state index in [9.17, 15) is 0 Å². The van der Waals surface area contributed by atoms with E-state index in [0.717, 1.165) is 18.0 Å². The Morgan fingerprint density at radius 3 is 3.18 bits per heavy atom. The zero-order chi connectivity index (χ0) is 11.7. The molecule has 1 aliphatic rings. The molecular weight excluding hydrogens is 218 g/mol. The predicted octanol–water partition coefficient (Wildman–Crippen LogP) is 1.19. The Kier molecular flexibility index (Phi) is 2.56. The molecule has 90 valence electrons. The maximum Gasteiger partial charge on any atom is 0.260 e. The van der Waals surface area contributed by atoms with Crippen LogP contribution in [0.3, 0.4) is 0 Å². The Morgan fingerprint density at radius 2 is 2.41 bits per heavy atom. The fourth-order valence-corrected chi connectivity index (χ4v) is 1.80. The van der Waals surface area contributed by atoms with Crippen LogP contribution in [0, 0.1) is 5.92 Å². The summed E-state index contributed by atoms with van der Waals surface area (Å²) in [6.45, 7) is 0.689. The van der Waals surface area contributed by atoms with Gasteiger partial charge in [-0.3, -0.25) is 4.40 Å². The lowest BCUT2D eigenvalue weighted by Gasteiger charge is -2.08. The molecule has 0 atom stereocenters. The van der Waals surface area contributed by atoms with Crippen LogP contribution in [0.15, 0.2) is 18.6 Å². The van der Waals surface area contributed by atoms with Crippen molar-refractivity contribution >= 4 is 11.5 Å². The maximum absolute atomic E-state index is 5.68. The van der Waals surface area contributed by atoms with Crippen molar-refractivity contribution in [3.05, 3.63) is 18.6 Å². The highest BCUT2D eigenvalue weighted by molar-refractivity contribution is 5.53. The number of hydrazine groups is 1. The Bertz CT molecular complexity index is 520. The van der Waals surface area contributed by atoms with Gasteiger partial charge in [-0.25, -0.2) is 10.8 Å². The summed E-state index contributed by atoms with van der Waals surface area (Å²) in [5.41, 5.74) is 3.24. The highest BCUT2D eigenvalue weighted by Crippen LogP contribution is 2.32. The van der Waals surface area contributed by atoms with Crippen LogP contribution in [0.4, 0.5) is 5.82 Å². The van der Waals surface area contributed by atoms with E-state index in [1.54, 1.807) is 12.4 Å². The molecule has 3 N–H and O–H groups in total. The van der Waals surface area contributed by atoms with E-state index in [-0.39, 0.29) is 0 Å². The molecular formula is C11H15N5O. The van der Waals surface area contributed by atoms with Gasteiger partial charge < -0.3 is 10.2 Å². The van der Waals surface area contributed by atoms with E-state index in [0.29, 0.717) is 18.3 Å². The van der Waals surface area contributed by atoms with Gasteiger partial charge in [-0.15, -0.1) is 0 Å². The molecule has 0 amide bonds. The molecule has 0 aliphatic heterocycles. The van der Waals surface area contributed by atoms with Gasteiger partial charge in [0.25, 0.3) is 5.88 Å². The Morgan fingerprint density at radius 1 is 1.53 bits per heavy atom. The van der Waals surface area contributed by atoms with Crippen LogP contribution >= 0.6 is 0 Å². The summed E-state index contributed by atoms with van der Waals surface area (Å²) in [6.07, 6.45) is 9.08. The smallest absolute Gasteiger partial charge is 0.260 e. The van der Waals surface area contributed by atoms with Crippen molar-refractivity contribution in [3.63, 3.8) is 0 Å². The molecule has 0 unspecified atom stereocenters. The largest absolute Gasteiger partial charge is 0.475 e. The molecule has 6 nitrogen and oxygen atoms in total. The first-order valence-corrected chi connectivity index (χ1v) is 5.80. The van der Waals surface area contributed by atoms with Crippen LogP contribution in [-0.2, 0) is 0 Å². The van der Waals surface area contributed by atoms with Crippen LogP contribution in [0.25, 0.3) is 5.65 Å². The predicted molar refractivity (Wildman–Crippen MR) is 63.6 cm³/mol. The Balaban J connectivity index is 1.81. The van der Waals surface area contributed by atoms with Gasteiger partial charge >= 0.3 is 0 Å². The molecule has 2 aromatic heterocycles. The van der Waals surface area contributed by atoms with Gasteiger partial charge in [-0.2, -0.15) is 4.98 Å². The molecule has 1 saturated carbocycles. The van der Waals surface area contributed by atoms with Gasteiger partial charge in [-0.1, -0.05) is 12.8 Å². The Hall–Kier alpha value is -1.82. The normalized spacial score (nSPS) is 15.1. The van der Waals surface area contributed by atoms with E-state index in [1.807, 2.05) is 10.6 Å². The summed E-state index contributed by atoms with van der Waals surface area (Å²) in [4.78, 5) is 8.48. The summed E-state index contributed by atoms with van der Waals surface area (Å²) in [5, 5.41) is 0. The molecule has 0 radical (unpaired) electrons. The van der Waals surface area contributed by atoms with Crippen molar-refractivity contribution < 1.29 is 4.74 Å². The van der Waals surface area contributed by atoms with Crippen molar-refractivity contribution in [3.8, 4) is 5.88 Å². The van der Waals surface area contributed by atoms with Crippen LogP contribution in [0.5, 0.6) is 5.88 Å². The quantitative estimate of drug-likeness (QED) is 0.599. The number of imidazole rings is 1. The number of hydrogen-bond donors (Lipinski definition) is 2. The SMILES string of the molecule is NNc1cn2ccnc2c(OCCC2CC2)n1. The number of anilines is 1. The van der Waals surface area contributed by atoms with Gasteiger partial charge in [0.2, 0.25) is 5.65 Å². The third kappa shape index (κ3) is 2.16. The number of nitrogen functional groups attached to an aromatic ring is 1. The number of aromatic nitrogens is 3. The van der Waals surface area contributed by atoms with Gasteiger partial charge in [0.1, 0.15) is 0 Å². The number of fused-ring (bicyclic) bond motifs is 1. The molecule has 0 spiro atoms. The van der Waals surface area contributed by atoms with Crippen LogP contribution < -0.4 is 16.0 Å². The minimum atomic E-state index is 0.533. The van der Waals surface area contributed by atoms with Crippen molar-refractivity contribution in [2.75, 3.05) is 12.0 Å². The number of nitrogens with zero attached hydrogens (tertiary/aromatic N) is 3. The molecule has 0 aromatic carbocycles.